The van der Waals surface area contributed by atoms with Gasteiger partial charge in [-0.15, -0.1) is 0 Å². The van der Waals surface area contributed by atoms with Gasteiger partial charge in [0.05, 0.1) is 17.4 Å². The second-order valence-corrected chi connectivity index (χ2v) is 4.45. The van der Waals surface area contributed by atoms with Crippen molar-refractivity contribution in [1.29, 1.82) is 0 Å². The first-order valence-corrected chi connectivity index (χ1v) is 6.29. The lowest BCUT2D eigenvalue weighted by Crippen LogP contribution is -2.10. The van der Waals surface area contributed by atoms with E-state index in [-0.39, 0.29) is 13.2 Å². The molecule has 0 saturated heterocycles. The van der Waals surface area contributed by atoms with Crippen molar-refractivity contribution in [3.8, 4) is 5.75 Å². The summed E-state index contributed by atoms with van der Waals surface area (Å²) in [7, 11) is 0. The fourth-order valence-corrected chi connectivity index (χ4v) is 2.04. The van der Waals surface area contributed by atoms with Crippen LogP contribution in [0.4, 0.5) is 4.39 Å². The number of hydrogen-bond donors (Lipinski definition) is 1. The van der Waals surface area contributed by atoms with E-state index in [1.54, 1.807) is 0 Å². The van der Waals surface area contributed by atoms with Crippen LogP contribution in [-0.4, -0.2) is 22.5 Å². The van der Waals surface area contributed by atoms with Crippen LogP contribution in [-0.2, 0) is 0 Å². The highest BCUT2D eigenvalue weighted by molar-refractivity contribution is 5.81. The number of halogens is 1. The van der Waals surface area contributed by atoms with Crippen molar-refractivity contribution in [3.63, 3.8) is 0 Å². The van der Waals surface area contributed by atoms with Crippen molar-refractivity contribution in [3.05, 3.63) is 54.5 Å². The molecule has 0 aliphatic heterocycles. The lowest BCUT2D eigenvalue weighted by atomic mass is 10.3. The number of pyridine rings is 1. The van der Waals surface area contributed by atoms with Crippen LogP contribution in [0.2, 0.25) is 0 Å². The Morgan fingerprint density at radius 2 is 2.25 bits per heavy atom. The van der Waals surface area contributed by atoms with Gasteiger partial charge >= 0.3 is 0 Å². The summed E-state index contributed by atoms with van der Waals surface area (Å²) in [5.41, 5.74) is 8.54. The van der Waals surface area contributed by atoms with Crippen molar-refractivity contribution in [2.75, 3.05) is 13.2 Å². The lowest BCUT2D eigenvalue weighted by molar-refractivity contribution is 0.348. The van der Waals surface area contributed by atoms with Gasteiger partial charge in [0.25, 0.3) is 0 Å². The molecule has 3 rings (SSSR count). The second kappa shape index (κ2) is 5.30. The van der Waals surface area contributed by atoms with E-state index in [1.165, 1.54) is 0 Å². The van der Waals surface area contributed by atoms with Gasteiger partial charge in [-0.2, -0.15) is 0 Å². The predicted octanol–water partition coefficient (Wildman–Crippen LogP) is 2.68. The van der Waals surface area contributed by atoms with Gasteiger partial charge in [0.15, 0.2) is 0 Å². The molecule has 0 radical (unpaired) electrons. The van der Waals surface area contributed by atoms with Gasteiger partial charge in [0.1, 0.15) is 18.0 Å². The number of rotatable bonds is 4. The van der Waals surface area contributed by atoms with Crippen LogP contribution in [0, 0.1) is 0 Å². The number of ether oxygens (including phenoxy) is 1. The zero-order chi connectivity index (χ0) is 13.9. The summed E-state index contributed by atoms with van der Waals surface area (Å²) in [5.74, 6) is 0.663. The van der Waals surface area contributed by atoms with Crippen LogP contribution in [0.5, 0.6) is 5.75 Å². The molecule has 1 aromatic carbocycles. The molecule has 0 unspecified atom stereocenters. The van der Waals surface area contributed by atoms with Crippen molar-refractivity contribution in [2.45, 2.75) is 0 Å². The molecule has 2 aromatic heterocycles. The molecule has 0 atom stereocenters. The van der Waals surface area contributed by atoms with E-state index in [0.29, 0.717) is 17.7 Å². The maximum Gasteiger partial charge on any atom is 0.137 e. The average Bonchev–Trinajstić information content (AvgIpc) is 2.86. The zero-order valence-electron chi connectivity index (χ0n) is 10.8. The standard InChI is InChI=1S/C15H14FN3O/c16-8-11(9-17)10-20-12-4-5-13-14(7-12)19-6-2-1-3-15(19)18-13/h1-8H,9-10,17H2/b11-8+. The summed E-state index contributed by atoms with van der Waals surface area (Å²) >= 11 is 0. The van der Waals surface area contributed by atoms with Crippen LogP contribution in [0.15, 0.2) is 54.5 Å². The number of nitrogens with zero attached hydrogens (tertiary/aromatic N) is 2. The summed E-state index contributed by atoms with van der Waals surface area (Å²) in [6.45, 7) is 0.295. The van der Waals surface area contributed by atoms with Crippen LogP contribution < -0.4 is 10.5 Å². The SMILES string of the molecule is NC/C(=C\F)COc1ccc2nc3ccccn3c2c1. The van der Waals surface area contributed by atoms with Crippen LogP contribution in [0.3, 0.4) is 0 Å². The average molecular weight is 271 g/mol. The van der Waals surface area contributed by atoms with Crippen molar-refractivity contribution in [1.82, 2.24) is 9.38 Å². The highest BCUT2D eigenvalue weighted by Gasteiger charge is 2.05. The maximum absolute atomic E-state index is 12.4. The molecule has 0 spiro atoms. The molecule has 0 bridgehead atoms. The van der Waals surface area contributed by atoms with Gasteiger partial charge in [-0.25, -0.2) is 9.37 Å². The maximum atomic E-state index is 12.4. The van der Waals surface area contributed by atoms with Gasteiger partial charge < -0.3 is 10.5 Å². The Bertz CT molecular complexity index is 779. The van der Waals surface area contributed by atoms with E-state index >= 15 is 0 Å². The smallest absolute Gasteiger partial charge is 0.137 e. The molecule has 4 nitrogen and oxygen atoms in total. The minimum absolute atomic E-state index is 0.147. The molecule has 0 amide bonds. The molecular weight excluding hydrogens is 257 g/mol. The molecule has 0 fully saturated rings. The van der Waals surface area contributed by atoms with Crippen LogP contribution in [0.1, 0.15) is 0 Å². The Morgan fingerprint density at radius 1 is 1.35 bits per heavy atom. The van der Waals surface area contributed by atoms with E-state index in [2.05, 4.69) is 4.98 Å². The summed E-state index contributed by atoms with van der Waals surface area (Å²) in [6, 6.07) is 11.4. The zero-order valence-corrected chi connectivity index (χ0v) is 10.8. The monoisotopic (exact) mass is 271 g/mol. The quantitative estimate of drug-likeness (QED) is 0.793. The minimum Gasteiger partial charge on any atom is -0.489 e. The number of benzene rings is 1. The third-order valence-corrected chi connectivity index (χ3v) is 3.12. The number of fused-ring (bicyclic) bond motifs is 3. The lowest BCUT2D eigenvalue weighted by Gasteiger charge is -2.07. The molecule has 102 valence electrons. The number of nitrogens with two attached hydrogens (primary N) is 1. The van der Waals surface area contributed by atoms with Gasteiger partial charge in [0, 0.05) is 24.4 Å². The van der Waals surface area contributed by atoms with Gasteiger partial charge in [0.2, 0.25) is 0 Å². The minimum atomic E-state index is 0.147. The number of aromatic nitrogens is 2. The summed E-state index contributed by atoms with van der Waals surface area (Å²) in [5, 5.41) is 0. The molecule has 0 aliphatic carbocycles. The van der Waals surface area contributed by atoms with E-state index in [1.807, 2.05) is 47.0 Å². The first-order valence-electron chi connectivity index (χ1n) is 6.29. The Labute approximate surface area is 115 Å². The predicted molar refractivity (Wildman–Crippen MR) is 76.4 cm³/mol. The molecule has 0 aliphatic rings. The molecule has 3 aromatic rings. The van der Waals surface area contributed by atoms with E-state index in [0.717, 1.165) is 16.7 Å². The Hall–Kier alpha value is -2.40. The highest BCUT2D eigenvalue weighted by Crippen LogP contribution is 2.22. The Balaban J connectivity index is 1.95. The fourth-order valence-electron chi connectivity index (χ4n) is 2.04. The summed E-state index contributed by atoms with van der Waals surface area (Å²) < 4.78 is 20.0. The largest absolute Gasteiger partial charge is 0.489 e. The number of imidazole rings is 1. The van der Waals surface area contributed by atoms with Crippen molar-refractivity contribution < 1.29 is 9.13 Å². The summed E-state index contributed by atoms with van der Waals surface area (Å²) in [6.07, 6.45) is 2.44. The fraction of sp³-hybridized carbons (Fsp3) is 0.133. The van der Waals surface area contributed by atoms with Gasteiger partial charge in [-0.3, -0.25) is 4.40 Å². The van der Waals surface area contributed by atoms with Crippen LogP contribution in [0.25, 0.3) is 16.7 Å². The third-order valence-electron chi connectivity index (χ3n) is 3.12. The van der Waals surface area contributed by atoms with E-state index < -0.39 is 0 Å². The van der Waals surface area contributed by atoms with Gasteiger partial charge in [-0.05, 0) is 24.3 Å². The molecule has 2 heterocycles. The van der Waals surface area contributed by atoms with Crippen molar-refractivity contribution in [2.24, 2.45) is 5.73 Å². The summed E-state index contributed by atoms with van der Waals surface area (Å²) in [4.78, 5) is 4.50. The highest BCUT2D eigenvalue weighted by atomic mass is 19.1. The van der Waals surface area contributed by atoms with Gasteiger partial charge in [-0.1, -0.05) is 6.07 Å². The molecule has 5 heteroatoms. The Kier molecular flexibility index (Phi) is 3.35. The van der Waals surface area contributed by atoms with E-state index in [4.69, 9.17) is 10.5 Å². The first-order chi connectivity index (χ1) is 9.81. The molecular formula is C15H14FN3O. The second-order valence-electron chi connectivity index (χ2n) is 4.45. The third kappa shape index (κ3) is 2.23. The molecule has 0 saturated carbocycles. The van der Waals surface area contributed by atoms with E-state index in [9.17, 15) is 4.39 Å². The molecule has 2 N–H and O–H groups in total. The number of hydrogen-bond acceptors (Lipinski definition) is 3. The first kappa shape index (κ1) is 12.6. The topological polar surface area (TPSA) is 52.5 Å². The Morgan fingerprint density at radius 3 is 3.05 bits per heavy atom. The normalized spacial score (nSPS) is 12.2. The van der Waals surface area contributed by atoms with Crippen LogP contribution >= 0.6 is 0 Å². The molecule has 20 heavy (non-hydrogen) atoms. The van der Waals surface area contributed by atoms with Crippen molar-refractivity contribution >= 4 is 16.7 Å².